The molecule has 5 atom stereocenters. The number of ether oxygens (including phenoxy) is 4. The van der Waals surface area contributed by atoms with E-state index < -0.39 is 97.5 Å². The number of hydrogen-bond donors (Lipinski definition) is 3. The molecule has 17 nitrogen and oxygen atoms in total. The van der Waals surface area contributed by atoms with Crippen LogP contribution >= 0.6 is 15.6 Å². The molecule has 0 aliphatic rings. The Morgan fingerprint density at radius 1 is 0.296 bits per heavy atom. The summed E-state index contributed by atoms with van der Waals surface area (Å²) in [6, 6.07) is 0. The van der Waals surface area contributed by atoms with Crippen LogP contribution in [0.1, 0.15) is 310 Å². The summed E-state index contributed by atoms with van der Waals surface area (Å²) in [5.74, 6) is -2.25. The zero-order valence-corrected chi connectivity index (χ0v) is 63.2. The minimum atomic E-state index is -4.98. The molecule has 0 spiro atoms. The van der Waals surface area contributed by atoms with E-state index in [-0.39, 0.29) is 25.7 Å². The Labute approximate surface area is 594 Å². The number of aliphatic hydroxyl groups is 1. The van der Waals surface area contributed by atoms with Crippen molar-refractivity contribution in [3.8, 4) is 0 Å². The smallest absolute Gasteiger partial charge is 0.462 e. The topological polar surface area (TPSA) is 237 Å². The zero-order chi connectivity index (χ0) is 71.8. The van der Waals surface area contributed by atoms with E-state index in [9.17, 15) is 43.2 Å². The molecule has 0 aromatic rings. The second-order valence-electron chi connectivity index (χ2n) is 25.2. The number of phosphoric acid groups is 2. The average Bonchev–Trinajstić information content (AvgIpc) is 0.973. The molecule has 98 heavy (non-hydrogen) atoms. The van der Waals surface area contributed by atoms with Gasteiger partial charge in [0.25, 0.3) is 0 Å². The highest BCUT2D eigenvalue weighted by molar-refractivity contribution is 7.47. The maximum Gasteiger partial charge on any atom is 0.472 e. The predicted octanol–water partition coefficient (Wildman–Crippen LogP) is 21.8. The van der Waals surface area contributed by atoms with Crippen LogP contribution in [-0.2, 0) is 65.4 Å². The minimum Gasteiger partial charge on any atom is -0.462 e. The highest BCUT2D eigenvalue weighted by Crippen LogP contribution is 2.45. The van der Waals surface area contributed by atoms with E-state index in [2.05, 4.69) is 125 Å². The highest BCUT2D eigenvalue weighted by Gasteiger charge is 2.30. The van der Waals surface area contributed by atoms with Crippen molar-refractivity contribution in [3.63, 3.8) is 0 Å². The van der Waals surface area contributed by atoms with Gasteiger partial charge in [-0.3, -0.25) is 37.3 Å². The van der Waals surface area contributed by atoms with Crippen molar-refractivity contribution in [1.82, 2.24) is 0 Å². The molecular formula is C79H136O17P2. The lowest BCUT2D eigenvalue weighted by molar-refractivity contribution is -0.161. The summed E-state index contributed by atoms with van der Waals surface area (Å²) in [5, 5.41) is 10.6. The maximum atomic E-state index is 13.1. The van der Waals surface area contributed by atoms with E-state index in [4.69, 9.17) is 37.0 Å². The van der Waals surface area contributed by atoms with Crippen LogP contribution in [0.5, 0.6) is 0 Å². The molecule has 0 rings (SSSR count). The van der Waals surface area contributed by atoms with Crippen LogP contribution in [0.3, 0.4) is 0 Å². The maximum absolute atomic E-state index is 13.1. The van der Waals surface area contributed by atoms with E-state index in [1.54, 1.807) is 0 Å². The van der Waals surface area contributed by atoms with Gasteiger partial charge in [0.05, 0.1) is 26.4 Å². The Bertz CT molecular complexity index is 2290. The molecule has 0 fully saturated rings. The van der Waals surface area contributed by atoms with E-state index in [0.29, 0.717) is 32.1 Å². The first kappa shape index (κ1) is 93.7. The molecule has 0 bridgehead atoms. The lowest BCUT2D eigenvalue weighted by Gasteiger charge is -2.21. The number of carbonyl (C=O) groups excluding carboxylic acids is 4. The molecule has 0 saturated carbocycles. The monoisotopic (exact) mass is 1420 g/mol. The fourth-order valence-electron chi connectivity index (χ4n) is 9.96. The van der Waals surface area contributed by atoms with Crippen LogP contribution in [0.2, 0.25) is 0 Å². The number of phosphoric ester groups is 2. The molecule has 19 heteroatoms. The molecule has 564 valence electrons. The first-order valence-electron chi connectivity index (χ1n) is 38.1. The number of hydrogen-bond acceptors (Lipinski definition) is 15. The van der Waals surface area contributed by atoms with Gasteiger partial charge in [-0.05, 0) is 116 Å². The lowest BCUT2D eigenvalue weighted by atomic mass is 10.0. The Kier molecular flexibility index (Phi) is 68.0. The SMILES string of the molecule is CC/C=C\C/C=C\C/C=C\C/C=C\C/C=C\CCCC(=O)OCC(COP(=O)(O)OCC(O)COP(=O)(O)OCC(COC(=O)CCCCCCCCC/C=C\C/C=C\C/C=C\CC)OC(=O)CCCCCCC/C=C\CCCC)OC(=O)CCCCCCCCCCCCCCC. The summed E-state index contributed by atoms with van der Waals surface area (Å²) >= 11 is 0. The first-order valence-corrected chi connectivity index (χ1v) is 41.1. The summed E-state index contributed by atoms with van der Waals surface area (Å²) in [4.78, 5) is 72.8. The van der Waals surface area contributed by atoms with Gasteiger partial charge in [0.2, 0.25) is 0 Å². The van der Waals surface area contributed by atoms with Crippen molar-refractivity contribution in [2.24, 2.45) is 0 Å². The molecule has 0 radical (unpaired) electrons. The van der Waals surface area contributed by atoms with Crippen LogP contribution in [0.4, 0.5) is 0 Å². The Morgan fingerprint density at radius 3 is 0.898 bits per heavy atom. The Balaban J connectivity index is 5.35. The van der Waals surface area contributed by atoms with Gasteiger partial charge in [0, 0.05) is 25.7 Å². The van der Waals surface area contributed by atoms with Gasteiger partial charge < -0.3 is 33.8 Å². The summed E-state index contributed by atoms with van der Waals surface area (Å²) in [6.07, 6.45) is 75.2. The third-order valence-corrected chi connectivity index (χ3v) is 17.6. The number of allylic oxidation sites excluding steroid dienone is 18. The largest absolute Gasteiger partial charge is 0.472 e. The van der Waals surface area contributed by atoms with Crippen LogP contribution in [-0.4, -0.2) is 96.7 Å². The number of unbranched alkanes of at least 4 members (excludes halogenated alkanes) is 27. The summed E-state index contributed by atoms with van der Waals surface area (Å²) in [6.45, 7) is 4.54. The highest BCUT2D eigenvalue weighted by atomic mass is 31.2. The molecular weight excluding hydrogens is 1280 g/mol. The van der Waals surface area contributed by atoms with E-state index in [1.807, 2.05) is 12.2 Å². The molecule has 0 saturated heterocycles. The first-order chi connectivity index (χ1) is 47.7. The van der Waals surface area contributed by atoms with Gasteiger partial charge in [-0.2, -0.15) is 0 Å². The third-order valence-electron chi connectivity index (χ3n) is 15.7. The molecule has 0 heterocycles. The summed E-state index contributed by atoms with van der Waals surface area (Å²) in [7, 11) is -9.96. The molecule has 5 unspecified atom stereocenters. The van der Waals surface area contributed by atoms with Gasteiger partial charge in [0.15, 0.2) is 12.2 Å². The van der Waals surface area contributed by atoms with Gasteiger partial charge >= 0.3 is 39.5 Å². The van der Waals surface area contributed by atoms with Gasteiger partial charge in [-0.1, -0.05) is 278 Å². The standard InChI is InChI=1S/C79H136O17P2/c1-5-9-13-17-21-25-29-32-34-36-38-41-44-47-51-55-59-63-76(81)89-69-74(95-78(83)65-61-57-53-49-43-28-24-20-16-12-8-4)71-93-97(85,86)91-67-73(80)68-92-98(87,88)94-72-75(96-79(84)66-62-58-54-50-46-40-31-27-23-19-15-11-7-3)70-90-77(82)64-60-56-52-48-45-42-39-37-35-33-30-26-22-18-14-10-6-2/h9-10,13-14,20-22,24-26,32-35,39,42,48,52,73-75,80H,5-8,11-12,15-19,23,27-31,36-38,40-41,43-47,49-51,53-72H2,1-4H3,(H,85,86)(H,87,88)/b13-9-,14-10-,24-20-,25-21-,26-22-,34-32-,35-33-,42-39-,52-48-. The summed E-state index contributed by atoms with van der Waals surface area (Å²) in [5.41, 5.74) is 0. The minimum absolute atomic E-state index is 0.0806. The lowest BCUT2D eigenvalue weighted by Crippen LogP contribution is -2.30. The van der Waals surface area contributed by atoms with E-state index >= 15 is 0 Å². The average molecular weight is 1420 g/mol. The van der Waals surface area contributed by atoms with Crippen LogP contribution in [0.25, 0.3) is 0 Å². The number of esters is 4. The van der Waals surface area contributed by atoms with E-state index in [0.717, 1.165) is 161 Å². The normalized spacial score (nSPS) is 14.6. The van der Waals surface area contributed by atoms with Crippen LogP contribution in [0, 0.1) is 0 Å². The molecule has 0 aliphatic heterocycles. The fraction of sp³-hybridized carbons (Fsp3) is 0.722. The third kappa shape index (κ3) is 70.2. The number of carbonyl (C=O) groups is 4. The van der Waals surface area contributed by atoms with Crippen LogP contribution in [0.15, 0.2) is 109 Å². The molecule has 3 N–H and O–H groups in total. The Morgan fingerprint density at radius 2 is 0.551 bits per heavy atom. The second-order valence-corrected chi connectivity index (χ2v) is 28.1. The van der Waals surface area contributed by atoms with Crippen molar-refractivity contribution >= 4 is 39.5 Å². The molecule has 0 aromatic carbocycles. The summed E-state index contributed by atoms with van der Waals surface area (Å²) < 4.78 is 68.4. The van der Waals surface area contributed by atoms with Crippen LogP contribution < -0.4 is 0 Å². The number of rotatable bonds is 71. The van der Waals surface area contributed by atoms with Crippen molar-refractivity contribution in [3.05, 3.63) is 109 Å². The molecule has 0 amide bonds. The Hall–Kier alpha value is -4.28. The second kappa shape index (κ2) is 71.1. The fourth-order valence-corrected chi connectivity index (χ4v) is 11.5. The molecule has 0 aromatic heterocycles. The van der Waals surface area contributed by atoms with Gasteiger partial charge in [-0.25, -0.2) is 9.13 Å². The van der Waals surface area contributed by atoms with Crippen molar-refractivity contribution in [2.45, 2.75) is 329 Å². The van der Waals surface area contributed by atoms with Gasteiger partial charge in [-0.15, -0.1) is 0 Å². The number of aliphatic hydroxyl groups excluding tert-OH is 1. The van der Waals surface area contributed by atoms with Gasteiger partial charge in [0.1, 0.15) is 19.3 Å². The zero-order valence-electron chi connectivity index (χ0n) is 61.4. The van der Waals surface area contributed by atoms with Crippen molar-refractivity contribution in [1.29, 1.82) is 0 Å². The van der Waals surface area contributed by atoms with E-state index in [1.165, 1.54) is 64.2 Å². The molecule has 0 aliphatic carbocycles. The van der Waals surface area contributed by atoms with Crippen molar-refractivity contribution in [2.75, 3.05) is 39.6 Å². The predicted molar refractivity (Wildman–Crippen MR) is 399 cm³/mol. The quantitative estimate of drug-likeness (QED) is 0.0169. The van der Waals surface area contributed by atoms with Crippen molar-refractivity contribution < 1.29 is 80.2 Å².